The third-order valence-electron chi connectivity index (χ3n) is 2.28. The molecular formula is C10H9NO2S. The van der Waals surface area contributed by atoms with Crippen molar-refractivity contribution in [2.45, 2.75) is 13.3 Å². The van der Waals surface area contributed by atoms with Gasteiger partial charge in [0.1, 0.15) is 0 Å². The van der Waals surface area contributed by atoms with Crippen LogP contribution in [0, 0.1) is 6.92 Å². The molecule has 0 aromatic heterocycles. The highest BCUT2D eigenvalue weighted by atomic mass is 32.1. The minimum absolute atomic E-state index is 0.582. The second-order valence-corrected chi connectivity index (χ2v) is 3.23. The first-order valence-corrected chi connectivity index (χ1v) is 4.73. The zero-order valence-corrected chi connectivity index (χ0v) is 8.56. The van der Waals surface area contributed by atoms with Crippen molar-refractivity contribution < 1.29 is 9.78 Å². The first kappa shape index (κ1) is 9.34. The number of hydrogen-bond donors (Lipinski definition) is 0. The molecule has 1 heterocycles. The zero-order chi connectivity index (χ0) is 9.97. The maximum absolute atomic E-state index is 5.05. The van der Waals surface area contributed by atoms with Crippen molar-refractivity contribution >= 4 is 23.1 Å². The van der Waals surface area contributed by atoms with Gasteiger partial charge in [-0.25, -0.2) is 0 Å². The van der Waals surface area contributed by atoms with Crippen LogP contribution in [-0.4, -0.2) is 11.8 Å². The molecule has 1 aromatic carbocycles. The largest absolute Gasteiger partial charge is 0.337 e. The van der Waals surface area contributed by atoms with Gasteiger partial charge in [0.25, 0.3) is 0 Å². The van der Waals surface area contributed by atoms with Gasteiger partial charge in [-0.15, -0.1) is 0 Å². The Bertz CT molecular complexity index is 411. The number of nitrogens with zero attached hydrogens (tertiary/aromatic N) is 1. The lowest BCUT2D eigenvalue weighted by molar-refractivity contribution is -0.215. The fourth-order valence-corrected chi connectivity index (χ4v) is 1.63. The first-order chi connectivity index (χ1) is 6.83. The van der Waals surface area contributed by atoms with Gasteiger partial charge in [0, 0.05) is 12.0 Å². The van der Waals surface area contributed by atoms with Crippen molar-refractivity contribution in [3.8, 4) is 5.75 Å². The standard InChI is InChI=1S/C10H9NO2S/c1-7-8-4-5-12-13-10(8)3-2-9(7)11-6-14/h2-3H,4-5H2,1H3. The fourth-order valence-electron chi connectivity index (χ4n) is 1.53. The molecule has 0 saturated carbocycles. The number of isothiocyanates is 1. The minimum atomic E-state index is 0.582. The van der Waals surface area contributed by atoms with E-state index in [0.29, 0.717) is 6.61 Å². The molecule has 2 rings (SSSR count). The zero-order valence-electron chi connectivity index (χ0n) is 7.74. The summed E-state index contributed by atoms with van der Waals surface area (Å²) in [4.78, 5) is 13.9. The lowest BCUT2D eigenvalue weighted by atomic mass is 10.0. The van der Waals surface area contributed by atoms with Gasteiger partial charge in [0.2, 0.25) is 0 Å². The molecule has 0 N–H and O–H groups in total. The van der Waals surface area contributed by atoms with E-state index in [1.165, 1.54) is 0 Å². The van der Waals surface area contributed by atoms with Gasteiger partial charge < -0.3 is 4.89 Å². The predicted octanol–water partition coefficient (Wildman–Crippen LogP) is 2.60. The fraction of sp³-hybridized carbons (Fsp3) is 0.300. The van der Waals surface area contributed by atoms with E-state index in [9.17, 15) is 0 Å². The Morgan fingerprint density at radius 2 is 2.36 bits per heavy atom. The van der Waals surface area contributed by atoms with Gasteiger partial charge >= 0.3 is 0 Å². The van der Waals surface area contributed by atoms with Gasteiger partial charge in [0.15, 0.2) is 5.75 Å². The van der Waals surface area contributed by atoms with E-state index in [2.05, 4.69) is 22.4 Å². The van der Waals surface area contributed by atoms with Crippen molar-refractivity contribution in [2.75, 3.05) is 6.61 Å². The van der Waals surface area contributed by atoms with Crippen molar-refractivity contribution in [2.24, 2.45) is 4.99 Å². The third kappa shape index (κ3) is 1.55. The molecule has 0 bridgehead atoms. The molecule has 4 heteroatoms. The Kier molecular flexibility index (Phi) is 2.59. The lowest BCUT2D eigenvalue weighted by Crippen LogP contribution is -2.11. The summed E-state index contributed by atoms with van der Waals surface area (Å²) in [6.45, 7) is 2.58. The van der Waals surface area contributed by atoms with E-state index in [0.717, 1.165) is 29.0 Å². The summed E-state index contributed by atoms with van der Waals surface area (Å²) in [7, 11) is 0. The smallest absolute Gasteiger partial charge is 0.169 e. The summed E-state index contributed by atoms with van der Waals surface area (Å²) >= 11 is 4.58. The van der Waals surface area contributed by atoms with Gasteiger partial charge in [-0.1, -0.05) is 0 Å². The van der Waals surface area contributed by atoms with Crippen LogP contribution < -0.4 is 4.89 Å². The molecule has 1 aromatic rings. The van der Waals surface area contributed by atoms with Crippen LogP contribution in [0.1, 0.15) is 11.1 Å². The van der Waals surface area contributed by atoms with Crippen LogP contribution in [0.3, 0.4) is 0 Å². The molecular weight excluding hydrogens is 198 g/mol. The van der Waals surface area contributed by atoms with Crippen LogP contribution in [-0.2, 0) is 11.3 Å². The maximum Gasteiger partial charge on any atom is 0.169 e. The minimum Gasteiger partial charge on any atom is -0.337 e. The summed E-state index contributed by atoms with van der Waals surface area (Å²) in [5, 5.41) is 2.37. The number of fused-ring (bicyclic) bond motifs is 1. The maximum atomic E-state index is 5.05. The molecule has 1 aliphatic rings. The summed E-state index contributed by atoms with van der Waals surface area (Å²) in [6, 6.07) is 3.69. The van der Waals surface area contributed by atoms with E-state index in [1.54, 1.807) is 0 Å². The summed E-state index contributed by atoms with van der Waals surface area (Å²) < 4.78 is 0. The highest BCUT2D eigenvalue weighted by molar-refractivity contribution is 7.78. The van der Waals surface area contributed by atoms with Crippen LogP contribution in [0.5, 0.6) is 5.75 Å². The molecule has 0 saturated heterocycles. The number of aliphatic imine (C=N–C) groups is 1. The van der Waals surface area contributed by atoms with Crippen LogP contribution >= 0.6 is 12.2 Å². The lowest BCUT2D eigenvalue weighted by Gasteiger charge is -2.17. The molecule has 0 aliphatic carbocycles. The average molecular weight is 207 g/mol. The average Bonchev–Trinajstić information content (AvgIpc) is 2.23. The molecule has 3 nitrogen and oxygen atoms in total. The molecule has 0 fully saturated rings. The molecule has 72 valence electrons. The highest BCUT2D eigenvalue weighted by Crippen LogP contribution is 2.32. The first-order valence-electron chi connectivity index (χ1n) is 4.33. The van der Waals surface area contributed by atoms with Gasteiger partial charge in [0.05, 0.1) is 17.5 Å². The quantitative estimate of drug-likeness (QED) is 0.403. The number of hydrogen-bond acceptors (Lipinski definition) is 4. The highest BCUT2D eigenvalue weighted by Gasteiger charge is 2.15. The van der Waals surface area contributed by atoms with E-state index in [1.807, 2.05) is 19.1 Å². The predicted molar refractivity (Wildman–Crippen MR) is 56.1 cm³/mol. The van der Waals surface area contributed by atoms with E-state index < -0.39 is 0 Å². The number of benzene rings is 1. The summed E-state index contributed by atoms with van der Waals surface area (Å²) in [5.74, 6) is 0.775. The Labute approximate surface area is 87.3 Å². The second kappa shape index (κ2) is 3.88. The molecule has 0 atom stereocenters. The van der Waals surface area contributed by atoms with Crippen molar-refractivity contribution in [1.29, 1.82) is 0 Å². The molecule has 1 aliphatic heterocycles. The summed E-state index contributed by atoms with van der Waals surface area (Å²) in [5.41, 5.74) is 3.08. The van der Waals surface area contributed by atoms with Gasteiger partial charge in [-0.05, 0) is 36.8 Å². The molecule has 0 amide bonds. The van der Waals surface area contributed by atoms with Crippen LogP contribution in [0.25, 0.3) is 0 Å². The molecule has 0 unspecified atom stereocenters. The molecule has 0 spiro atoms. The Hall–Kier alpha value is -1.22. The monoisotopic (exact) mass is 207 g/mol. The van der Waals surface area contributed by atoms with Gasteiger partial charge in [-0.3, -0.25) is 0 Å². The van der Waals surface area contributed by atoms with Crippen molar-refractivity contribution in [3.63, 3.8) is 0 Å². The Morgan fingerprint density at radius 1 is 1.50 bits per heavy atom. The molecule has 0 radical (unpaired) electrons. The molecule has 14 heavy (non-hydrogen) atoms. The summed E-state index contributed by atoms with van der Waals surface area (Å²) in [6.07, 6.45) is 0.849. The third-order valence-corrected chi connectivity index (χ3v) is 2.37. The van der Waals surface area contributed by atoms with E-state index in [-0.39, 0.29) is 0 Å². The van der Waals surface area contributed by atoms with Crippen molar-refractivity contribution in [3.05, 3.63) is 23.3 Å². The van der Waals surface area contributed by atoms with Crippen molar-refractivity contribution in [1.82, 2.24) is 0 Å². The SMILES string of the molecule is Cc1c(N=C=S)ccc2c1CCOO2. The van der Waals surface area contributed by atoms with E-state index >= 15 is 0 Å². The Morgan fingerprint density at radius 3 is 3.14 bits per heavy atom. The second-order valence-electron chi connectivity index (χ2n) is 3.04. The normalized spacial score (nSPS) is 13.8. The number of thiocarbonyl (C=S) groups is 1. The van der Waals surface area contributed by atoms with Crippen LogP contribution in [0.4, 0.5) is 5.69 Å². The number of rotatable bonds is 1. The van der Waals surface area contributed by atoms with Crippen LogP contribution in [0.2, 0.25) is 0 Å². The Balaban J connectivity index is 2.53. The topological polar surface area (TPSA) is 30.8 Å². The van der Waals surface area contributed by atoms with Crippen LogP contribution in [0.15, 0.2) is 17.1 Å². The van der Waals surface area contributed by atoms with Gasteiger partial charge in [-0.2, -0.15) is 9.88 Å². The van der Waals surface area contributed by atoms with E-state index in [4.69, 9.17) is 9.78 Å².